The summed E-state index contributed by atoms with van der Waals surface area (Å²) in [4.78, 5) is 8.90. The predicted octanol–water partition coefficient (Wildman–Crippen LogP) is 4.56. The topological polar surface area (TPSA) is 96.9 Å². The van der Waals surface area contributed by atoms with Crippen molar-refractivity contribution in [3.05, 3.63) is 40.6 Å². The molecule has 0 radical (unpaired) electrons. The first-order chi connectivity index (χ1) is 14.0. The molecule has 0 amide bonds. The Morgan fingerprint density at radius 2 is 2.10 bits per heavy atom. The van der Waals surface area contributed by atoms with Crippen molar-refractivity contribution in [1.82, 2.24) is 9.97 Å². The zero-order chi connectivity index (χ0) is 21.2. The summed E-state index contributed by atoms with van der Waals surface area (Å²) < 4.78 is 5.51. The van der Waals surface area contributed by atoms with Crippen LogP contribution in [0.4, 0.5) is 11.8 Å². The number of thioether (sulfide) groups is 1. The SMILES string of the molecule is CCCC[C@@H](CCSC)Nc1nc(N)nc(C)c1Cc1cc(C#N)ccc1OC. The highest BCUT2D eigenvalue weighted by Crippen LogP contribution is 2.28. The Kier molecular flexibility index (Phi) is 9.07. The van der Waals surface area contributed by atoms with Crippen LogP contribution in [0.15, 0.2) is 18.2 Å². The van der Waals surface area contributed by atoms with E-state index < -0.39 is 0 Å². The smallest absolute Gasteiger partial charge is 0.222 e. The molecule has 0 bridgehead atoms. The van der Waals surface area contributed by atoms with E-state index in [1.165, 1.54) is 6.42 Å². The molecule has 2 aromatic rings. The van der Waals surface area contributed by atoms with E-state index in [9.17, 15) is 5.26 Å². The minimum Gasteiger partial charge on any atom is -0.496 e. The molecule has 1 aromatic heterocycles. The van der Waals surface area contributed by atoms with Gasteiger partial charge in [-0.2, -0.15) is 22.0 Å². The Labute approximate surface area is 178 Å². The fourth-order valence-electron chi connectivity index (χ4n) is 3.32. The normalized spacial score (nSPS) is 11.7. The Balaban J connectivity index is 2.39. The number of aryl methyl sites for hydroxylation is 1. The molecule has 2 rings (SSSR count). The van der Waals surface area contributed by atoms with Crippen molar-refractivity contribution < 1.29 is 4.74 Å². The fraction of sp³-hybridized carbons (Fsp3) is 0.500. The number of nitrogens with two attached hydrogens (primary N) is 1. The van der Waals surface area contributed by atoms with Crippen LogP contribution in [0.25, 0.3) is 0 Å². The van der Waals surface area contributed by atoms with Crippen LogP contribution >= 0.6 is 11.8 Å². The highest BCUT2D eigenvalue weighted by atomic mass is 32.2. The lowest BCUT2D eigenvalue weighted by Gasteiger charge is -2.22. The van der Waals surface area contributed by atoms with Crippen LogP contribution in [0.3, 0.4) is 0 Å². The number of unbranched alkanes of at least 4 members (excludes halogenated alkanes) is 1. The molecule has 0 aliphatic rings. The highest BCUT2D eigenvalue weighted by Gasteiger charge is 2.17. The molecule has 1 aromatic carbocycles. The van der Waals surface area contributed by atoms with E-state index in [1.54, 1.807) is 13.2 Å². The van der Waals surface area contributed by atoms with Gasteiger partial charge in [0.2, 0.25) is 5.95 Å². The molecule has 1 heterocycles. The van der Waals surface area contributed by atoms with Gasteiger partial charge in [0.25, 0.3) is 0 Å². The number of nitrogen functional groups attached to an aromatic ring is 1. The highest BCUT2D eigenvalue weighted by molar-refractivity contribution is 7.98. The first kappa shape index (κ1) is 22.8. The van der Waals surface area contributed by atoms with Gasteiger partial charge in [0, 0.05) is 23.7 Å². The molecule has 29 heavy (non-hydrogen) atoms. The number of methoxy groups -OCH3 is 1. The molecule has 0 fully saturated rings. The summed E-state index contributed by atoms with van der Waals surface area (Å²) in [7, 11) is 1.64. The van der Waals surface area contributed by atoms with Gasteiger partial charge in [-0.05, 0) is 55.5 Å². The van der Waals surface area contributed by atoms with Crippen molar-refractivity contribution in [3.8, 4) is 11.8 Å². The van der Waals surface area contributed by atoms with Gasteiger partial charge in [0.1, 0.15) is 11.6 Å². The van der Waals surface area contributed by atoms with Gasteiger partial charge in [0.05, 0.1) is 18.7 Å². The van der Waals surface area contributed by atoms with Gasteiger partial charge in [-0.25, -0.2) is 4.98 Å². The second-order valence-corrected chi connectivity index (χ2v) is 8.06. The predicted molar refractivity (Wildman–Crippen MR) is 122 cm³/mol. The Morgan fingerprint density at radius 3 is 2.76 bits per heavy atom. The number of aromatic nitrogens is 2. The van der Waals surface area contributed by atoms with Crippen LogP contribution < -0.4 is 15.8 Å². The number of anilines is 2. The minimum absolute atomic E-state index is 0.269. The van der Waals surface area contributed by atoms with Crippen molar-refractivity contribution in [2.24, 2.45) is 0 Å². The maximum absolute atomic E-state index is 9.27. The summed E-state index contributed by atoms with van der Waals surface area (Å²) in [6, 6.07) is 7.99. The quantitative estimate of drug-likeness (QED) is 0.557. The van der Waals surface area contributed by atoms with Gasteiger partial charge in [-0.3, -0.25) is 0 Å². The van der Waals surface area contributed by atoms with E-state index >= 15 is 0 Å². The molecule has 0 saturated heterocycles. The molecule has 0 aliphatic carbocycles. The van der Waals surface area contributed by atoms with Crippen LogP contribution in [0.5, 0.6) is 5.75 Å². The molecule has 1 atom stereocenters. The molecule has 156 valence electrons. The fourth-order valence-corrected chi connectivity index (χ4v) is 3.84. The monoisotopic (exact) mass is 413 g/mol. The summed E-state index contributed by atoms with van der Waals surface area (Å²) >= 11 is 1.85. The molecule has 0 aliphatic heterocycles. The third-order valence-corrected chi connectivity index (χ3v) is 5.57. The average Bonchev–Trinajstić information content (AvgIpc) is 2.72. The molecule has 7 heteroatoms. The van der Waals surface area contributed by atoms with E-state index in [4.69, 9.17) is 10.5 Å². The molecular formula is C22H31N5OS. The van der Waals surface area contributed by atoms with Crippen molar-refractivity contribution in [3.63, 3.8) is 0 Å². The van der Waals surface area contributed by atoms with E-state index in [-0.39, 0.29) is 5.95 Å². The second-order valence-electron chi connectivity index (χ2n) is 7.07. The number of hydrogen-bond donors (Lipinski definition) is 2. The first-order valence-electron chi connectivity index (χ1n) is 9.97. The third kappa shape index (κ3) is 6.53. The summed E-state index contributed by atoms with van der Waals surface area (Å²) in [6.07, 6.45) is 7.18. The van der Waals surface area contributed by atoms with Crippen LogP contribution in [0, 0.1) is 18.3 Å². The Morgan fingerprint density at radius 1 is 1.31 bits per heavy atom. The second kappa shape index (κ2) is 11.5. The Hall–Kier alpha value is -2.46. The van der Waals surface area contributed by atoms with Crippen molar-refractivity contribution in [2.45, 2.75) is 52.0 Å². The van der Waals surface area contributed by atoms with Gasteiger partial charge in [-0.1, -0.05) is 19.8 Å². The van der Waals surface area contributed by atoms with E-state index in [0.29, 0.717) is 18.0 Å². The summed E-state index contributed by atoms with van der Waals surface area (Å²) in [5.74, 6) is 2.89. The zero-order valence-corrected chi connectivity index (χ0v) is 18.6. The summed E-state index contributed by atoms with van der Waals surface area (Å²) in [5, 5.41) is 12.9. The largest absolute Gasteiger partial charge is 0.496 e. The van der Waals surface area contributed by atoms with Gasteiger partial charge >= 0.3 is 0 Å². The number of rotatable bonds is 11. The average molecular weight is 414 g/mol. The van der Waals surface area contributed by atoms with E-state index in [2.05, 4.69) is 34.5 Å². The van der Waals surface area contributed by atoms with Crippen molar-refractivity contribution >= 4 is 23.5 Å². The number of nitrogens with zero attached hydrogens (tertiary/aromatic N) is 3. The van der Waals surface area contributed by atoms with Gasteiger partial charge in [0.15, 0.2) is 0 Å². The van der Waals surface area contributed by atoms with Gasteiger partial charge < -0.3 is 15.8 Å². The first-order valence-corrected chi connectivity index (χ1v) is 11.4. The van der Waals surface area contributed by atoms with Crippen LogP contribution in [-0.2, 0) is 6.42 Å². The lowest BCUT2D eigenvalue weighted by atomic mass is 10.0. The zero-order valence-electron chi connectivity index (χ0n) is 17.8. The summed E-state index contributed by atoms with van der Waals surface area (Å²) in [5.41, 5.74) is 9.32. The van der Waals surface area contributed by atoms with E-state index in [1.807, 2.05) is 30.8 Å². The molecule has 0 unspecified atom stereocenters. The molecule has 0 saturated carbocycles. The summed E-state index contributed by atoms with van der Waals surface area (Å²) in [6.45, 7) is 4.15. The Bertz CT molecular complexity index is 842. The molecular weight excluding hydrogens is 382 g/mol. The number of benzene rings is 1. The molecule has 6 nitrogen and oxygen atoms in total. The molecule has 0 spiro atoms. The standard InChI is InChI=1S/C22H31N5OS/c1-5-6-7-18(10-11-29-4)26-21-19(15(2)25-22(24)27-21)13-17-12-16(14-23)8-9-20(17)28-3/h8-9,12,18H,5-7,10-11,13H2,1-4H3,(H3,24,25,26,27)/t18-/m0/s1. The third-order valence-electron chi connectivity index (χ3n) is 4.93. The number of nitrogens with one attached hydrogen (secondary N) is 1. The van der Waals surface area contributed by atoms with Crippen LogP contribution in [-0.4, -0.2) is 35.1 Å². The van der Waals surface area contributed by atoms with Gasteiger partial charge in [-0.15, -0.1) is 0 Å². The van der Waals surface area contributed by atoms with Crippen molar-refractivity contribution in [2.75, 3.05) is 30.2 Å². The minimum atomic E-state index is 0.269. The number of nitriles is 1. The lowest BCUT2D eigenvalue weighted by Crippen LogP contribution is -2.23. The number of ether oxygens (including phenoxy) is 1. The van der Waals surface area contributed by atoms with Crippen LogP contribution in [0.2, 0.25) is 0 Å². The number of hydrogen-bond acceptors (Lipinski definition) is 7. The van der Waals surface area contributed by atoms with Crippen molar-refractivity contribution in [1.29, 1.82) is 5.26 Å². The maximum atomic E-state index is 9.27. The maximum Gasteiger partial charge on any atom is 0.222 e. The van der Waals surface area contributed by atoms with E-state index in [0.717, 1.165) is 53.4 Å². The lowest BCUT2D eigenvalue weighted by molar-refractivity contribution is 0.410. The molecule has 3 N–H and O–H groups in total. The van der Waals surface area contributed by atoms with Crippen LogP contribution in [0.1, 0.15) is 55.0 Å².